The fourth-order valence-corrected chi connectivity index (χ4v) is 7.86. The van der Waals surface area contributed by atoms with E-state index in [0.29, 0.717) is 17.4 Å². The minimum Gasteiger partial charge on any atom is -0.296 e. The molecular formula is C18H29N3O2S2. The van der Waals surface area contributed by atoms with Gasteiger partial charge in [0.15, 0.2) is 9.84 Å². The molecule has 0 amide bonds. The molecule has 140 valence electrons. The molecule has 1 aromatic heterocycles. The van der Waals surface area contributed by atoms with Gasteiger partial charge in [0.1, 0.15) is 5.01 Å². The zero-order valence-corrected chi connectivity index (χ0v) is 16.9. The summed E-state index contributed by atoms with van der Waals surface area (Å²) in [7, 11) is -2.93. The van der Waals surface area contributed by atoms with Crippen LogP contribution in [-0.2, 0) is 29.2 Å². The molecule has 0 bridgehead atoms. The van der Waals surface area contributed by atoms with Crippen molar-refractivity contribution in [3.8, 4) is 0 Å². The number of aromatic nitrogens is 1. The van der Waals surface area contributed by atoms with Crippen LogP contribution in [0.15, 0.2) is 0 Å². The molecule has 2 saturated heterocycles. The molecule has 5 nitrogen and oxygen atoms in total. The lowest BCUT2D eigenvalue weighted by Gasteiger charge is -2.44. The summed E-state index contributed by atoms with van der Waals surface area (Å²) in [4.78, 5) is 11.2. The number of thiazole rings is 1. The van der Waals surface area contributed by atoms with Crippen molar-refractivity contribution in [3.63, 3.8) is 0 Å². The van der Waals surface area contributed by atoms with Crippen molar-refractivity contribution in [1.29, 1.82) is 0 Å². The summed E-state index contributed by atoms with van der Waals surface area (Å²) >= 11 is 1.86. The zero-order chi connectivity index (χ0) is 17.6. The van der Waals surface area contributed by atoms with Gasteiger partial charge in [-0.1, -0.05) is 13.8 Å². The Kier molecular flexibility index (Phi) is 4.94. The third-order valence-electron chi connectivity index (χ3n) is 5.73. The number of piperazine rings is 1. The SMILES string of the molecule is CC(C)CN1CCN(Cc2nc3c(s2)CCCC3)[C@@H]2CS(=O)(=O)C[C@@H]21. The summed E-state index contributed by atoms with van der Waals surface area (Å²) in [5.74, 6) is 1.22. The third kappa shape index (κ3) is 3.80. The number of rotatable bonds is 4. The van der Waals surface area contributed by atoms with Crippen LogP contribution in [0.2, 0.25) is 0 Å². The fraction of sp³-hybridized carbons (Fsp3) is 0.833. The van der Waals surface area contributed by atoms with E-state index in [-0.39, 0.29) is 12.1 Å². The van der Waals surface area contributed by atoms with E-state index < -0.39 is 9.84 Å². The highest BCUT2D eigenvalue weighted by atomic mass is 32.2. The summed E-state index contributed by atoms with van der Waals surface area (Å²) < 4.78 is 24.6. The van der Waals surface area contributed by atoms with E-state index >= 15 is 0 Å². The Bertz CT molecular complexity index is 705. The van der Waals surface area contributed by atoms with Gasteiger partial charge in [-0.2, -0.15) is 0 Å². The standard InChI is InChI=1S/C18H29N3O2S2/c1-13(2)9-20-7-8-21(16-12-25(22,23)11-15(16)20)10-18-19-14-5-3-4-6-17(14)24-18/h13,15-16H,3-12H2,1-2H3/t15-,16+/m0/s1. The maximum atomic E-state index is 12.3. The molecule has 7 heteroatoms. The maximum Gasteiger partial charge on any atom is 0.153 e. The number of aryl methyl sites for hydroxylation is 2. The van der Waals surface area contributed by atoms with Crippen molar-refractivity contribution in [1.82, 2.24) is 14.8 Å². The Hall–Kier alpha value is -0.500. The van der Waals surface area contributed by atoms with Gasteiger partial charge in [0.2, 0.25) is 0 Å². The molecule has 0 saturated carbocycles. The molecule has 4 rings (SSSR count). The predicted molar refractivity (Wildman–Crippen MR) is 102 cm³/mol. The molecular weight excluding hydrogens is 354 g/mol. The zero-order valence-electron chi connectivity index (χ0n) is 15.3. The Balaban J connectivity index is 1.51. The highest BCUT2D eigenvalue weighted by Gasteiger charge is 2.46. The van der Waals surface area contributed by atoms with Gasteiger partial charge >= 0.3 is 0 Å². The van der Waals surface area contributed by atoms with E-state index in [1.54, 1.807) is 0 Å². The van der Waals surface area contributed by atoms with Crippen LogP contribution in [-0.4, -0.2) is 66.4 Å². The number of nitrogens with zero attached hydrogens (tertiary/aromatic N) is 3. The predicted octanol–water partition coefficient (Wildman–Crippen LogP) is 1.96. The van der Waals surface area contributed by atoms with Crippen molar-refractivity contribution in [3.05, 3.63) is 15.6 Å². The monoisotopic (exact) mass is 383 g/mol. The van der Waals surface area contributed by atoms with Gasteiger partial charge in [0.05, 0.1) is 23.7 Å². The highest BCUT2D eigenvalue weighted by molar-refractivity contribution is 7.91. The summed E-state index contributed by atoms with van der Waals surface area (Å²) in [5, 5.41) is 1.19. The van der Waals surface area contributed by atoms with Gasteiger partial charge in [-0.3, -0.25) is 9.80 Å². The van der Waals surface area contributed by atoms with Gasteiger partial charge in [-0.15, -0.1) is 11.3 Å². The number of hydrogen-bond acceptors (Lipinski definition) is 6. The number of sulfone groups is 1. The first-order chi connectivity index (χ1) is 11.9. The molecule has 0 radical (unpaired) electrons. The lowest BCUT2D eigenvalue weighted by Crippen LogP contribution is -2.59. The van der Waals surface area contributed by atoms with Crippen molar-refractivity contribution in [2.45, 2.75) is 58.2 Å². The van der Waals surface area contributed by atoms with Crippen LogP contribution < -0.4 is 0 Å². The fourth-order valence-electron chi connectivity index (χ4n) is 4.64. The van der Waals surface area contributed by atoms with Crippen LogP contribution in [0.1, 0.15) is 42.3 Å². The molecule has 2 fully saturated rings. The minimum absolute atomic E-state index is 0.137. The van der Waals surface area contributed by atoms with Crippen molar-refractivity contribution in [2.24, 2.45) is 5.92 Å². The molecule has 2 atom stereocenters. The average molecular weight is 384 g/mol. The third-order valence-corrected chi connectivity index (χ3v) is 8.57. The topological polar surface area (TPSA) is 53.5 Å². The quantitative estimate of drug-likeness (QED) is 0.796. The van der Waals surface area contributed by atoms with E-state index in [0.717, 1.165) is 32.6 Å². The van der Waals surface area contributed by atoms with Crippen LogP contribution in [0.3, 0.4) is 0 Å². The second kappa shape index (κ2) is 6.91. The molecule has 3 heterocycles. The second-order valence-corrected chi connectivity index (χ2v) is 11.6. The second-order valence-electron chi connectivity index (χ2n) is 8.26. The van der Waals surface area contributed by atoms with Gasteiger partial charge in [0.25, 0.3) is 0 Å². The average Bonchev–Trinajstić information content (AvgIpc) is 3.08. The van der Waals surface area contributed by atoms with E-state index in [1.807, 2.05) is 11.3 Å². The molecule has 1 aromatic rings. The summed E-state index contributed by atoms with van der Waals surface area (Å²) in [5.41, 5.74) is 1.31. The van der Waals surface area contributed by atoms with Crippen molar-refractivity contribution < 1.29 is 8.42 Å². The largest absolute Gasteiger partial charge is 0.296 e. The smallest absolute Gasteiger partial charge is 0.153 e. The van der Waals surface area contributed by atoms with Crippen LogP contribution in [0.25, 0.3) is 0 Å². The molecule has 0 aromatic carbocycles. The first kappa shape index (κ1) is 17.9. The van der Waals surface area contributed by atoms with Crippen LogP contribution in [0, 0.1) is 5.92 Å². The molecule has 0 unspecified atom stereocenters. The van der Waals surface area contributed by atoms with E-state index in [1.165, 1.54) is 34.8 Å². The van der Waals surface area contributed by atoms with Crippen LogP contribution in [0.5, 0.6) is 0 Å². The highest BCUT2D eigenvalue weighted by Crippen LogP contribution is 2.31. The summed E-state index contributed by atoms with van der Waals surface area (Å²) in [6, 6.07) is 0.300. The summed E-state index contributed by atoms with van der Waals surface area (Å²) in [6.45, 7) is 8.17. The van der Waals surface area contributed by atoms with Crippen LogP contribution >= 0.6 is 11.3 Å². The normalized spacial score (nSPS) is 29.7. The van der Waals surface area contributed by atoms with E-state index in [4.69, 9.17) is 4.98 Å². The van der Waals surface area contributed by atoms with Gasteiger partial charge in [-0.05, 0) is 31.6 Å². The minimum atomic E-state index is -2.93. The van der Waals surface area contributed by atoms with E-state index in [2.05, 4.69) is 23.6 Å². The molecule has 1 aliphatic carbocycles. The lowest BCUT2D eigenvalue weighted by molar-refractivity contribution is 0.0337. The Morgan fingerprint density at radius 2 is 1.80 bits per heavy atom. The van der Waals surface area contributed by atoms with Gasteiger partial charge < -0.3 is 0 Å². The summed E-state index contributed by atoms with van der Waals surface area (Å²) in [6.07, 6.45) is 4.84. The molecule has 25 heavy (non-hydrogen) atoms. The van der Waals surface area contributed by atoms with Gasteiger partial charge in [0, 0.05) is 36.6 Å². The molecule has 0 N–H and O–H groups in total. The number of hydrogen-bond donors (Lipinski definition) is 0. The Morgan fingerprint density at radius 3 is 2.52 bits per heavy atom. The lowest BCUT2D eigenvalue weighted by atomic mass is 10.0. The first-order valence-electron chi connectivity index (χ1n) is 9.57. The maximum absolute atomic E-state index is 12.3. The van der Waals surface area contributed by atoms with Crippen LogP contribution in [0.4, 0.5) is 0 Å². The Morgan fingerprint density at radius 1 is 1.12 bits per heavy atom. The Labute approximate surface area is 155 Å². The number of fused-ring (bicyclic) bond motifs is 2. The first-order valence-corrected chi connectivity index (χ1v) is 12.2. The molecule has 2 aliphatic heterocycles. The molecule has 3 aliphatic rings. The van der Waals surface area contributed by atoms with Crippen molar-refractivity contribution >= 4 is 21.2 Å². The molecule has 0 spiro atoms. The van der Waals surface area contributed by atoms with Crippen molar-refractivity contribution in [2.75, 3.05) is 31.1 Å². The van der Waals surface area contributed by atoms with Gasteiger partial charge in [-0.25, -0.2) is 13.4 Å². The van der Waals surface area contributed by atoms with E-state index in [9.17, 15) is 8.42 Å².